The van der Waals surface area contributed by atoms with E-state index in [0.717, 1.165) is 6.20 Å². The first-order valence-electron chi connectivity index (χ1n) is 12.3. The average molecular weight is 581 g/mol. The van der Waals surface area contributed by atoms with Crippen molar-refractivity contribution < 1.29 is 45.8 Å². The van der Waals surface area contributed by atoms with Crippen molar-refractivity contribution in [2.75, 3.05) is 6.54 Å². The molecule has 1 aliphatic heterocycles. The Labute approximate surface area is 230 Å². The monoisotopic (exact) mass is 580 g/mol. The molecule has 1 aliphatic rings. The molecule has 2 aromatic heterocycles. The summed E-state index contributed by atoms with van der Waals surface area (Å²) in [6.45, 7) is 3.61. The van der Waals surface area contributed by atoms with E-state index >= 15 is 8.78 Å². The SMILES string of the molecule is CC(C)(C)C1N(C(=O)O)CCC(NC(=O)c2c(C#N)oc3ccc(OCc4cccnc4C(F)(F)F)cc23)C1(F)F. The molecule has 2 unspecified atom stereocenters. The van der Waals surface area contributed by atoms with Gasteiger partial charge in [-0.05, 0) is 36.1 Å². The molecule has 2 atom stereocenters. The van der Waals surface area contributed by atoms with Crippen molar-refractivity contribution in [1.82, 2.24) is 15.2 Å². The van der Waals surface area contributed by atoms with E-state index in [-0.39, 0.29) is 34.4 Å². The first-order chi connectivity index (χ1) is 19.1. The van der Waals surface area contributed by atoms with Crippen LogP contribution in [0.25, 0.3) is 11.0 Å². The van der Waals surface area contributed by atoms with E-state index in [4.69, 9.17) is 9.15 Å². The maximum Gasteiger partial charge on any atom is 0.433 e. The number of aromatic nitrogens is 1. The van der Waals surface area contributed by atoms with Gasteiger partial charge in [-0.2, -0.15) is 18.4 Å². The summed E-state index contributed by atoms with van der Waals surface area (Å²) in [6, 6.07) is 4.62. The quantitative estimate of drug-likeness (QED) is 0.364. The van der Waals surface area contributed by atoms with Crippen molar-refractivity contribution in [1.29, 1.82) is 5.26 Å². The number of halogens is 5. The highest BCUT2D eigenvalue weighted by atomic mass is 19.4. The topological polar surface area (TPSA) is 129 Å². The molecule has 1 fully saturated rings. The van der Waals surface area contributed by atoms with Gasteiger partial charge in [-0.1, -0.05) is 26.8 Å². The fraction of sp³-hybridized carbons (Fsp3) is 0.407. The van der Waals surface area contributed by atoms with Crippen LogP contribution in [0.5, 0.6) is 5.75 Å². The molecule has 0 saturated carbocycles. The van der Waals surface area contributed by atoms with Gasteiger partial charge in [0.2, 0.25) is 5.76 Å². The zero-order valence-electron chi connectivity index (χ0n) is 22.1. The third-order valence-electron chi connectivity index (χ3n) is 6.71. The number of hydrogen-bond donors (Lipinski definition) is 2. The number of hydrogen-bond acceptors (Lipinski definition) is 6. The van der Waals surface area contributed by atoms with Gasteiger partial charge in [0.1, 0.15) is 35.6 Å². The fourth-order valence-corrected chi connectivity index (χ4v) is 5.08. The zero-order chi connectivity index (χ0) is 30.3. The number of ether oxygens (including phenoxy) is 1. The standard InChI is InChI=1S/C27H25F5N4O5/c1-25(2,3)23-26(28,29)19(8-10-36(23)24(38)39)35-22(37)20-16-11-15(6-7-17(16)41-18(20)12-33)40-13-14-5-4-9-34-21(14)27(30,31)32/h4-7,9,11,19,23H,8,10,13H2,1-3H3,(H,35,37)(H,38,39). The summed E-state index contributed by atoms with van der Waals surface area (Å²) in [6.07, 6.45) is -5.62. The molecule has 2 amide bonds. The number of nitrogens with one attached hydrogen (secondary N) is 1. The van der Waals surface area contributed by atoms with E-state index in [1.54, 1.807) is 6.07 Å². The predicted octanol–water partition coefficient (Wildman–Crippen LogP) is 5.83. The van der Waals surface area contributed by atoms with Gasteiger partial charge < -0.3 is 19.6 Å². The van der Waals surface area contributed by atoms with Crippen LogP contribution in [0.15, 0.2) is 40.9 Å². The lowest BCUT2D eigenvalue weighted by atomic mass is 9.76. The summed E-state index contributed by atoms with van der Waals surface area (Å²) in [5, 5.41) is 21.3. The van der Waals surface area contributed by atoms with Crippen molar-refractivity contribution >= 4 is 23.0 Å². The molecule has 0 spiro atoms. The summed E-state index contributed by atoms with van der Waals surface area (Å²) in [7, 11) is 0. The number of carbonyl (C=O) groups is 2. The van der Waals surface area contributed by atoms with Crippen LogP contribution in [0.1, 0.15) is 54.6 Å². The number of benzene rings is 1. The van der Waals surface area contributed by atoms with Crippen LogP contribution in [0.3, 0.4) is 0 Å². The second-order valence-corrected chi connectivity index (χ2v) is 10.6. The van der Waals surface area contributed by atoms with E-state index in [2.05, 4.69) is 10.3 Å². The predicted molar refractivity (Wildman–Crippen MR) is 133 cm³/mol. The number of furan rings is 1. The van der Waals surface area contributed by atoms with Gasteiger partial charge in [-0.15, -0.1) is 0 Å². The summed E-state index contributed by atoms with van der Waals surface area (Å²) < 4.78 is 82.1. The Balaban J connectivity index is 1.63. The Morgan fingerprint density at radius 1 is 1.27 bits per heavy atom. The highest BCUT2D eigenvalue weighted by Gasteiger charge is 2.59. The normalized spacial score (nSPS) is 19.0. The Morgan fingerprint density at radius 2 is 1.98 bits per heavy atom. The van der Waals surface area contributed by atoms with Crippen molar-refractivity contribution in [3.63, 3.8) is 0 Å². The minimum atomic E-state index is -4.71. The van der Waals surface area contributed by atoms with Gasteiger partial charge in [0, 0.05) is 23.7 Å². The number of pyridine rings is 1. The van der Waals surface area contributed by atoms with Crippen molar-refractivity contribution in [2.45, 2.75) is 58.0 Å². The van der Waals surface area contributed by atoms with E-state index in [1.165, 1.54) is 51.1 Å². The molecule has 41 heavy (non-hydrogen) atoms. The second-order valence-electron chi connectivity index (χ2n) is 10.6. The van der Waals surface area contributed by atoms with Crippen molar-refractivity contribution in [3.8, 4) is 11.8 Å². The number of likely N-dealkylation sites (tertiary alicyclic amines) is 1. The van der Waals surface area contributed by atoms with Crippen LogP contribution in [-0.4, -0.2) is 51.5 Å². The first-order valence-corrected chi connectivity index (χ1v) is 12.3. The van der Waals surface area contributed by atoms with Gasteiger partial charge in [0.15, 0.2) is 5.69 Å². The number of rotatable bonds is 5. The fourth-order valence-electron chi connectivity index (χ4n) is 5.08. The molecule has 9 nitrogen and oxygen atoms in total. The van der Waals surface area contributed by atoms with E-state index in [0.29, 0.717) is 4.90 Å². The number of nitrogens with zero attached hydrogens (tertiary/aromatic N) is 3. The second kappa shape index (κ2) is 10.5. The van der Waals surface area contributed by atoms with E-state index in [9.17, 15) is 33.1 Å². The van der Waals surface area contributed by atoms with Crippen LogP contribution in [0.4, 0.5) is 26.7 Å². The highest BCUT2D eigenvalue weighted by Crippen LogP contribution is 2.43. The molecule has 1 saturated heterocycles. The summed E-state index contributed by atoms with van der Waals surface area (Å²) in [4.78, 5) is 29.0. The van der Waals surface area contributed by atoms with Gasteiger partial charge in [0.25, 0.3) is 11.8 Å². The Kier molecular flexibility index (Phi) is 7.59. The Bertz CT molecular complexity index is 1520. The lowest BCUT2D eigenvalue weighted by Gasteiger charge is -2.49. The summed E-state index contributed by atoms with van der Waals surface area (Å²) >= 11 is 0. The Morgan fingerprint density at radius 3 is 2.59 bits per heavy atom. The van der Waals surface area contributed by atoms with Gasteiger partial charge in [0.05, 0.1) is 6.04 Å². The summed E-state index contributed by atoms with van der Waals surface area (Å²) in [5.74, 6) is -5.20. The van der Waals surface area contributed by atoms with Gasteiger partial charge >= 0.3 is 12.3 Å². The lowest BCUT2D eigenvalue weighted by molar-refractivity contribution is -0.154. The average Bonchev–Trinajstić information content (AvgIpc) is 3.25. The van der Waals surface area contributed by atoms with Gasteiger partial charge in [-0.25, -0.2) is 13.6 Å². The van der Waals surface area contributed by atoms with Crippen LogP contribution < -0.4 is 10.1 Å². The molecule has 3 heterocycles. The number of carboxylic acid groups (broad SMARTS) is 1. The maximum absolute atomic E-state index is 15.7. The van der Waals surface area contributed by atoms with Crippen LogP contribution in [0, 0.1) is 16.7 Å². The maximum atomic E-state index is 15.7. The number of nitriles is 1. The molecular weight excluding hydrogens is 555 g/mol. The van der Waals surface area contributed by atoms with Gasteiger partial charge in [-0.3, -0.25) is 14.7 Å². The molecule has 3 aromatic rings. The van der Waals surface area contributed by atoms with E-state index in [1.807, 2.05) is 0 Å². The molecule has 2 N–H and O–H groups in total. The number of fused-ring (bicyclic) bond motifs is 1. The smallest absolute Gasteiger partial charge is 0.433 e. The number of carbonyl (C=O) groups excluding carboxylic acids is 1. The van der Waals surface area contributed by atoms with Crippen LogP contribution in [0.2, 0.25) is 0 Å². The molecule has 0 bridgehead atoms. The minimum Gasteiger partial charge on any atom is -0.489 e. The van der Waals surface area contributed by atoms with Crippen molar-refractivity contribution in [2.24, 2.45) is 5.41 Å². The highest BCUT2D eigenvalue weighted by molar-refractivity contribution is 6.08. The van der Waals surface area contributed by atoms with Crippen LogP contribution in [-0.2, 0) is 12.8 Å². The molecule has 0 radical (unpaired) electrons. The molecule has 1 aromatic carbocycles. The van der Waals surface area contributed by atoms with Crippen LogP contribution >= 0.6 is 0 Å². The lowest BCUT2D eigenvalue weighted by Crippen LogP contribution is -2.68. The molecule has 14 heteroatoms. The number of alkyl halides is 5. The molecular formula is C27H25F5N4O5. The third kappa shape index (κ3) is 5.75. The zero-order valence-corrected chi connectivity index (χ0v) is 22.1. The summed E-state index contributed by atoms with van der Waals surface area (Å²) in [5.41, 5.74) is -2.88. The van der Waals surface area contributed by atoms with E-state index < -0.39 is 66.1 Å². The molecule has 218 valence electrons. The first kappa shape index (κ1) is 29.6. The Hall–Kier alpha value is -4.41. The largest absolute Gasteiger partial charge is 0.489 e. The molecule has 0 aliphatic carbocycles. The van der Waals surface area contributed by atoms with Crippen molar-refractivity contribution in [3.05, 3.63) is 59.1 Å². The number of amides is 2. The minimum absolute atomic E-state index is 0.0115. The third-order valence-corrected chi connectivity index (χ3v) is 6.71. The number of piperidine rings is 1. The molecule has 4 rings (SSSR count).